The van der Waals surface area contributed by atoms with Gasteiger partial charge in [0.2, 0.25) is 0 Å². The van der Waals surface area contributed by atoms with Gasteiger partial charge in [0.1, 0.15) is 5.82 Å². The largest absolute Gasteiger partial charge is 0.481 e. The van der Waals surface area contributed by atoms with Gasteiger partial charge in [0.25, 0.3) is 5.91 Å². The topological polar surface area (TPSA) is 41.6 Å². The summed E-state index contributed by atoms with van der Waals surface area (Å²) in [7, 11) is 0. The summed E-state index contributed by atoms with van der Waals surface area (Å²) in [6, 6.07) is 3.65. The fourth-order valence-electron chi connectivity index (χ4n) is 2.57. The average molecular weight is 312 g/mol. The van der Waals surface area contributed by atoms with Gasteiger partial charge >= 0.3 is 0 Å². The Morgan fingerprint density at radius 3 is 2.64 bits per heavy atom. The van der Waals surface area contributed by atoms with Crippen LogP contribution in [0.2, 0.25) is 0 Å². The number of carbonyl (C=O) groups excluding carboxylic acids is 1. The van der Waals surface area contributed by atoms with Crippen LogP contribution < -0.4 is 10.1 Å². The zero-order valence-corrected chi connectivity index (χ0v) is 12.9. The molecule has 0 radical (unpaired) electrons. The first kappa shape index (κ1) is 16.7. The highest BCUT2D eigenvalue weighted by Crippen LogP contribution is 2.17. The fourth-order valence-corrected chi connectivity index (χ4v) is 2.57. The van der Waals surface area contributed by atoms with E-state index in [1.807, 2.05) is 0 Å². The van der Waals surface area contributed by atoms with E-state index in [2.05, 4.69) is 24.1 Å². The molecule has 2 rings (SSSR count). The molecule has 1 aliphatic heterocycles. The van der Waals surface area contributed by atoms with Crippen molar-refractivity contribution in [2.75, 3.05) is 19.7 Å². The first-order valence-electron chi connectivity index (χ1n) is 7.57. The third-order valence-corrected chi connectivity index (χ3v) is 3.88. The lowest BCUT2D eigenvalue weighted by Gasteiger charge is -2.34. The predicted molar refractivity (Wildman–Crippen MR) is 79.7 cm³/mol. The van der Waals surface area contributed by atoms with Gasteiger partial charge < -0.3 is 15.0 Å². The second kappa shape index (κ2) is 7.54. The lowest BCUT2D eigenvalue weighted by Crippen LogP contribution is -2.47. The van der Waals surface area contributed by atoms with E-state index in [1.165, 1.54) is 6.07 Å². The maximum Gasteiger partial charge on any atom is 0.258 e. The molecule has 4 nitrogen and oxygen atoms in total. The van der Waals surface area contributed by atoms with Gasteiger partial charge in [0.05, 0.1) is 0 Å². The molecule has 1 N–H and O–H groups in total. The van der Waals surface area contributed by atoms with Crippen LogP contribution in [-0.2, 0) is 4.79 Å². The number of amides is 1. The molecule has 0 unspecified atom stereocenters. The number of rotatable bonds is 5. The highest BCUT2D eigenvalue weighted by atomic mass is 19.1. The number of ether oxygens (including phenoxy) is 1. The molecule has 0 bridgehead atoms. The molecule has 6 heteroatoms. The summed E-state index contributed by atoms with van der Waals surface area (Å²) in [5.74, 6) is -1.89. The predicted octanol–water partition coefficient (Wildman–Crippen LogP) is 2.33. The Kier molecular flexibility index (Phi) is 5.71. The van der Waals surface area contributed by atoms with Crippen molar-refractivity contribution in [3.8, 4) is 5.75 Å². The van der Waals surface area contributed by atoms with E-state index >= 15 is 0 Å². The first-order valence-corrected chi connectivity index (χ1v) is 7.57. The highest BCUT2D eigenvalue weighted by molar-refractivity contribution is 5.77. The third kappa shape index (κ3) is 4.66. The maximum absolute atomic E-state index is 13.4. The maximum atomic E-state index is 13.4. The smallest absolute Gasteiger partial charge is 0.258 e. The lowest BCUT2D eigenvalue weighted by molar-refractivity contribution is -0.124. The quantitative estimate of drug-likeness (QED) is 0.907. The van der Waals surface area contributed by atoms with E-state index in [4.69, 9.17) is 4.74 Å². The monoisotopic (exact) mass is 312 g/mol. The van der Waals surface area contributed by atoms with Crippen LogP contribution in [0.25, 0.3) is 0 Å². The van der Waals surface area contributed by atoms with Crippen LogP contribution in [0.4, 0.5) is 8.78 Å². The Bertz CT molecular complexity index is 515. The van der Waals surface area contributed by atoms with Gasteiger partial charge in [-0.25, -0.2) is 8.78 Å². The number of carbonyl (C=O) groups is 1. The molecule has 0 saturated carbocycles. The molecule has 22 heavy (non-hydrogen) atoms. The Morgan fingerprint density at radius 2 is 2.05 bits per heavy atom. The number of piperidine rings is 1. The van der Waals surface area contributed by atoms with Crippen molar-refractivity contribution in [3.05, 3.63) is 29.8 Å². The van der Waals surface area contributed by atoms with Crippen LogP contribution in [0.5, 0.6) is 5.75 Å². The molecule has 0 aromatic heterocycles. The number of likely N-dealkylation sites (tertiary alicyclic amines) is 1. The lowest BCUT2D eigenvalue weighted by atomic mass is 10.0. The summed E-state index contributed by atoms with van der Waals surface area (Å²) in [6.45, 7) is 5.95. The van der Waals surface area contributed by atoms with E-state index in [-0.39, 0.29) is 24.3 Å². The molecule has 1 aliphatic rings. The second-order valence-electron chi connectivity index (χ2n) is 5.83. The van der Waals surface area contributed by atoms with Crippen molar-refractivity contribution in [1.29, 1.82) is 0 Å². The number of hydrogen-bond donors (Lipinski definition) is 1. The molecule has 1 aromatic carbocycles. The fraction of sp³-hybridized carbons (Fsp3) is 0.562. The standard InChI is InChI=1S/C16H22F2N2O2/c1-11(2)20-7-5-13(6-8-20)19-16(21)10-22-15-4-3-12(17)9-14(15)18/h3-4,9,11,13H,5-8,10H2,1-2H3,(H,19,21). The van der Waals surface area contributed by atoms with Gasteiger partial charge in [-0.3, -0.25) is 4.79 Å². The summed E-state index contributed by atoms with van der Waals surface area (Å²) in [5, 5.41) is 2.89. The minimum absolute atomic E-state index is 0.119. The second-order valence-corrected chi connectivity index (χ2v) is 5.83. The summed E-state index contributed by atoms with van der Waals surface area (Å²) in [5.41, 5.74) is 0. The van der Waals surface area contributed by atoms with E-state index < -0.39 is 11.6 Å². The van der Waals surface area contributed by atoms with Crippen molar-refractivity contribution < 1.29 is 18.3 Å². The molecule has 0 spiro atoms. The van der Waals surface area contributed by atoms with Crippen LogP contribution in [0.3, 0.4) is 0 Å². The van der Waals surface area contributed by atoms with Gasteiger partial charge in [0, 0.05) is 31.2 Å². The van der Waals surface area contributed by atoms with Gasteiger partial charge in [-0.05, 0) is 38.8 Å². The number of hydrogen-bond acceptors (Lipinski definition) is 3. The summed E-state index contributed by atoms with van der Waals surface area (Å²) >= 11 is 0. The summed E-state index contributed by atoms with van der Waals surface area (Å²) < 4.78 is 31.2. The molecule has 1 saturated heterocycles. The highest BCUT2D eigenvalue weighted by Gasteiger charge is 2.22. The normalized spacial score (nSPS) is 16.8. The Morgan fingerprint density at radius 1 is 1.36 bits per heavy atom. The third-order valence-electron chi connectivity index (χ3n) is 3.88. The van der Waals surface area contributed by atoms with E-state index in [0.29, 0.717) is 6.04 Å². The molecular weight excluding hydrogens is 290 g/mol. The zero-order valence-electron chi connectivity index (χ0n) is 12.9. The number of benzene rings is 1. The first-order chi connectivity index (χ1) is 10.5. The van der Waals surface area contributed by atoms with Crippen molar-refractivity contribution in [2.45, 2.75) is 38.8 Å². The number of nitrogens with one attached hydrogen (secondary N) is 1. The molecule has 1 fully saturated rings. The van der Waals surface area contributed by atoms with Gasteiger partial charge in [-0.2, -0.15) is 0 Å². The van der Waals surface area contributed by atoms with Crippen LogP contribution in [-0.4, -0.2) is 42.6 Å². The minimum atomic E-state index is -0.807. The zero-order chi connectivity index (χ0) is 16.1. The van der Waals surface area contributed by atoms with Gasteiger partial charge in [0.15, 0.2) is 18.2 Å². The van der Waals surface area contributed by atoms with Crippen molar-refractivity contribution in [1.82, 2.24) is 10.2 Å². The SMILES string of the molecule is CC(C)N1CCC(NC(=O)COc2ccc(F)cc2F)CC1. The van der Waals surface area contributed by atoms with Crippen molar-refractivity contribution in [3.63, 3.8) is 0 Å². The van der Waals surface area contributed by atoms with E-state index in [0.717, 1.165) is 38.1 Å². The van der Waals surface area contributed by atoms with Crippen molar-refractivity contribution in [2.24, 2.45) is 0 Å². The van der Waals surface area contributed by atoms with Crippen LogP contribution in [0.1, 0.15) is 26.7 Å². The van der Waals surface area contributed by atoms with Gasteiger partial charge in [-0.1, -0.05) is 0 Å². The molecule has 0 atom stereocenters. The van der Waals surface area contributed by atoms with Crippen LogP contribution in [0.15, 0.2) is 18.2 Å². The minimum Gasteiger partial charge on any atom is -0.481 e. The molecule has 122 valence electrons. The van der Waals surface area contributed by atoms with Crippen LogP contribution in [0, 0.1) is 11.6 Å². The molecule has 1 heterocycles. The Balaban J connectivity index is 1.74. The van der Waals surface area contributed by atoms with E-state index in [1.54, 1.807) is 0 Å². The summed E-state index contributed by atoms with van der Waals surface area (Å²) in [4.78, 5) is 14.2. The molecule has 1 aromatic rings. The average Bonchev–Trinajstić information content (AvgIpc) is 2.47. The number of halogens is 2. The molecular formula is C16H22F2N2O2. The van der Waals surface area contributed by atoms with Crippen molar-refractivity contribution >= 4 is 5.91 Å². The summed E-state index contributed by atoms with van der Waals surface area (Å²) in [6.07, 6.45) is 1.80. The Labute approximate surface area is 129 Å². The molecule has 1 amide bonds. The number of nitrogens with zero attached hydrogens (tertiary/aromatic N) is 1. The Hall–Kier alpha value is -1.69. The van der Waals surface area contributed by atoms with Crippen LogP contribution >= 0.6 is 0 Å². The van der Waals surface area contributed by atoms with Gasteiger partial charge in [-0.15, -0.1) is 0 Å². The van der Waals surface area contributed by atoms with E-state index in [9.17, 15) is 13.6 Å². The molecule has 0 aliphatic carbocycles.